The van der Waals surface area contributed by atoms with Gasteiger partial charge in [0.1, 0.15) is 11.6 Å². The molecular formula is C21H27N5O2. The molecule has 7 heteroatoms. The zero-order valence-corrected chi connectivity index (χ0v) is 16.5. The van der Waals surface area contributed by atoms with Crippen molar-refractivity contribution in [2.45, 2.75) is 13.3 Å². The molecular weight excluding hydrogens is 354 g/mol. The van der Waals surface area contributed by atoms with Gasteiger partial charge in [0.25, 0.3) is 0 Å². The Balaban J connectivity index is 1.47. The summed E-state index contributed by atoms with van der Waals surface area (Å²) in [4.78, 5) is 7.08. The topological polar surface area (TPSA) is 63.9 Å². The fourth-order valence-corrected chi connectivity index (χ4v) is 3.47. The summed E-state index contributed by atoms with van der Waals surface area (Å²) in [6, 6.07) is 12.0. The van der Waals surface area contributed by atoms with Crippen LogP contribution in [-0.4, -0.2) is 66.0 Å². The first-order valence-corrected chi connectivity index (χ1v) is 9.79. The molecule has 0 unspecified atom stereocenters. The number of ether oxygens (including phenoxy) is 2. The first-order chi connectivity index (χ1) is 13.7. The summed E-state index contributed by atoms with van der Waals surface area (Å²) < 4.78 is 12.5. The van der Waals surface area contributed by atoms with Crippen LogP contribution in [0.4, 0.5) is 5.82 Å². The minimum atomic E-state index is 0.837. The van der Waals surface area contributed by atoms with Crippen LogP contribution in [0, 0.1) is 6.92 Å². The number of hydrogen-bond acceptors (Lipinski definition) is 6. The minimum Gasteiger partial charge on any atom is -0.497 e. The Morgan fingerprint density at radius 1 is 1.14 bits per heavy atom. The van der Waals surface area contributed by atoms with E-state index in [9.17, 15) is 0 Å². The molecule has 0 aliphatic carbocycles. The van der Waals surface area contributed by atoms with E-state index in [1.54, 1.807) is 7.11 Å². The van der Waals surface area contributed by atoms with Crippen LogP contribution in [0.1, 0.15) is 12.1 Å². The molecule has 1 aromatic carbocycles. The number of nitrogens with one attached hydrogen (secondary N) is 1. The van der Waals surface area contributed by atoms with Crippen LogP contribution < -0.4 is 10.1 Å². The lowest BCUT2D eigenvalue weighted by Gasteiger charge is -2.26. The van der Waals surface area contributed by atoms with Gasteiger partial charge in [0.15, 0.2) is 5.65 Å². The van der Waals surface area contributed by atoms with Gasteiger partial charge in [-0.2, -0.15) is 9.61 Å². The molecule has 4 rings (SSSR count). The molecule has 1 N–H and O–H groups in total. The highest BCUT2D eigenvalue weighted by Gasteiger charge is 2.11. The van der Waals surface area contributed by atoms with Gasteiger partial charge in [-0.1, -0.05) is 0 Å². The number of anilines is 1. The standard InChI is InChI=1S/C21H27N5O2/c1-16-14-20(22-8-3-9-25-10-12-28-13-11-25)26-21(23-16)15-19(24-26)17-4-6-18(27-2)7-5-17/h4-7,14-15,22H,3,8-13H2,1-2H3. The van der Waals surface area contributed by atoms with Crippen molar-refractivity contribution in [2.75, 3.05) is 51.8 Å². The maximum Gasteiger partial charge on any atom is 0.158 e. The number of hydrogen-bond donors (Lipinski definition) is 1. The van der Waals surface area contributed by atoms with E-state index in [0.29, 0.717) is 0 Å². The molecule has 0 spiro atoms. The van der Waals surface area contributed by atoms with E-state index < -0.39 is 0 Å². The van der Waals surface area contributed by atoms with Gasteiger partial charge in [-0.15, -0.1) is 0 Å². The van der Waals surface area contributed by atoms with Crippen molar-refractivity contribution < 1.29 is 9.47 Å². The molecule has 1 aliphatic rings. The first-order valence-electron chi connectivity index (χ1n) is 9.79. The van der Waals surface area contributed by atoms with Crippen LogP contribution in [0.3, 0.4) is 0 Å². The van der Waals surface area contributed by atoms with Gasteiger partial charge in [0.05, 0.1) is 26.0 Å². The summed E-state index contributed by atoms with van der Waals surface area (Å²) in [5.74, 6) is 1.81. The van der Waals surface area contributed by atoms with Crippen molar-refractivity contribution >= 4 is 11.5 Å². The van der Waals surface area contributed by atoms with Crippen LogP contribution in [-0.2, 0) is 4.74 Å². The number of morpholine rings is 1. The quantitative estimate of drug-likeness (QED) is 0.635. The molecule has 28 heavy (non-hydrogen) atoms. The zero-order valence-electron chi connectivity index (χ0n) is 16.5. The number of benzene rings is 1. The smallest absolute Gasteiger partial charge is 0.158 e. The van der Waals surface area contributed by atoms with E-state index in [1.165, 1.54) is 0 Å². The van der Waals surface area contributed by atoms with Crippen molar-refractivity contribution in [3.63, 3.8) is 0 Å². The average molecular weight is 381 g/mol. The van der Waals surface area contributed by atoms with Crippen molar-refractivity contribution in [1.82, 2.24) is 19.5 Å². The van der Waals surface area contributed by atoms with Gasteiger partial charge in [-0.25, -0.2) is 4.98 Å². The monoisotopic (exact) mass is 381 g/mol. The average Bonchev–Trinajstić information content (AvgIpc) is 3.16. The SMILES string of the molecule is COc1ccc(-c2cc3nc(C)cc(NCCCN4CCOCC4)n3n2)cc1. The molecule has 148 valence electrons. The highest BCUT2D eigenvalue weighted by atomic mass is 16.5. The number of aromatic nitrogens is 3. The van der Waals surface area contributed by atoms with Crippen LogP contribution >= 0.6 is 0 Å². The Bertz CT molecular complexity index is 916. The molecule has 0 atom stereocenters. The van der Waals surface area contributed by atoms with Crippen molar-refractivity contribution in [2.24, 2.45) is 0 Å². The molecule has 3 aromatic rings. The highest BCUT2D eigenvalue weighted by Crippen LogP contribution is 2.24. The van der Waals surface area contributed by atoms with E-state index in [0.717, 1.165) is 80.0 Å². The lowest BCUT2D eigenvalue weighted by atomic mass is 10.1. The Labute approximate surface area is 165 Å². The molecule has 1 fully saturated rings. The van der Waals surface area contributed by atoms with Crippen molar-refractivity contribution in [3.05, 3.63) is 42.1 Å². The number of methoxy groups -OCH3 is 1. The normalized spacial score (nSPS) is 15.1. The zero-order chi connectivity index (χ0) is 19.3. The second-order valence-corrected chi connectivity index (χ2v) is 7.05. The summed E-state index contributed by atoms with van der Waals surface area (Å²) in [7, 11) is 1.67. The van der Waals surface area contributed by atoms with E-state index in [-0.39, 0.29) is 0 Å². The van der Waals surface area contributed by atoms with E-state index in [1.807, 2.05) is 47.8 Å². The summed E-state index contributed by atoms with van der Waals surface area (Å²) in [5, 5.41) is 8.31. The summed E-state index contributed by atoms with van der Waals surface area (Å²) in [6.07, 6.45) is 1.08. The van der Waals surface area contributed by atoms with Gasteiger partial charge < -0.3 is 14.8 Å². The van der Waals surface area contributed by atoms with Gasteiger partial charge in [0, 0.05) is 43.0 Å². The van der Waals surface area contributed by atoms with Gasteiger partial charge in [-0.05, 0) is 44.2 Å². The van der Waals surface area contributed by atoms with E-state index in [2.05, 4.69) is 15.2 Å². The minimum absolute atomic E-state index is 0.837. The predicted molar refractivity (Wildman–Crippen MR) is 110 cm³/mol. The van der Waals surface area contributed by atoms with Crippen LogP contribution in [0.15, 0.2) is 36.4 Å². The molecule has 1 aliphatic heterocycles. The van der Waals surface area contributed by atoms with Crippen LogP contribution in [0.2, 0.25) is 0 Å². The fourth-order valence-electron chi connectivity index (χ4n) is 3.47. The molecule has 2 aromatic heterocycles. The summed E-state index contributed by atoms with van der Waals surface area (Å²) in [5.41, 5.74) is 3.77. The van der Waals surface area contributed by atoms with E-state index in [4.69, 9.17) is 14.6 Å². The Morgan fingerprint density at radius 3 is 2.68 bits per heavy atom. The number of fused-ring (bicyclic) bond motifs is 1. The molecule has 0 bridgehead atoms. The van der Waals surface area contributed by atoms with Gasteiger partial charge in [0.2, 0.25) is 0 Å². The molecule has 0 radical (unpaired) electrons. The second kappa shape index (κ2) is 8.58. The third-order valence-corrected chi connectivity index (χ3v) is 5.00. The van der Waals surface area contributed by atoms with Gasteiger partial charge in [-0.3, -0.25) is 4.90 Å². The molecule has 1 saturated heterocycles. The number of aryl methyl sites for hydroxylation is 1. The molecule has 7 nitrogen and oxygen atoms in total. The Hall–Kier alpha value is -2.64. The summed E-state index contributed by atoms with van der Waals surface area (Å²) >= 11 is 0. The highest BCUT2D eigenvalue weighted by molar-refractivity contribution is 5.66. The maximum absolute atomic E-state index is 5.41. The summed E-state index contributed by atoms with van der Waals surface area (Å²) in [6.45, 7) is 7.75. The molecule has 3 heterocycles. The fraction of sp³-hybridized carbons (Fsp3) is 0.429. The second-order valence-electron chi connectivity index (χ2n) is 7.05. The lowest BCUT2D eigenvalue weighted by Crippen LogP contribution is -2.37. The molecule has 0 amide bonds. The molecule has 0 saturated carbocycles. The maximum atomic E-state index is 5.41. The van der Waals surface area contributed by atoms with E-state index >= 15 is 0 Å². The van der Waals surface area contributed by atoms with Gasteiger partial charge >= 0.3 is 0 Å². The van der Waals surface area contributed by atoms with Crippen LogP contribution in [0.5, 0.6) is 5.75 Å². The third-order valence-electron chi connectivity index (χ3n) is 5.00. The van der Waals surface area contributed by atoms with Crippen molar-refractivity contribution in [1.29, 1.82) is 0 Å². The Morgan fingerprint density at radius 2 is 1.93 bits per heavy atom. The number of rotatable bonds is 7. The Kier molecular flexibility index (Phi) is 5.73. The largest absolute Gasteiger partial charge is 0.497 e. The third kappa shape index (κ3) is 4.26. The lowest BCUT2D eigenvalue weighted by molar-refractivity contribution is 0.0378. The first kappa shape index (κ1) is 18.7. The van der Waals surface area contributed by atoms with Crippen molar-refractivity contribution in [3.8, 4) is 17.0 Å². The number of nitrogens with zero attached hydrogens (tertiary/aromatic N) is 4. The van der Waals surface area contributed by atoms with Crippen LogP contribution in [0.25, 0.3) is 16.9 Å². The predicted octanol–water partition coefficient (Wildman–Crippen LogP) is 2.85.